The molecule has 3 aromatic heterocycles. The Morgan fingerprint density at radius 1 is 1.27 bits per heavy atom. The van der Waals surface area contributed by atoms with Gasteiger partial charge in [0.05, 0.1) is 10.7 Å². The Bertz CT molecular complexity index is 1030. The number of urea groups is 1. The Morgan fingerprint density at radius 3 is 2.70 bits per heavy atom. The monoisotopic (exact) mass is 515 g/mol. The maximum absolute atomic E-state index is 12.4. The third kappa shape index (κ3) is 6.22. The van der Waals surface area contributed by atoms with Crippen LogP contribution in [0.15, 0.2) is 41.3 Å². The van der Waals surface area contributed by atoms with Gasteiger partial charge >= 0.3 is 6.03 Å². The summed E-state index contributed by atoms with van der Waals surface area (Å²) >= 11 is 3.57. The first-order chi connectivity index (χ1) is 16.0. The van der Waals surface area contributed by atoms with Gasteiger partial charge in [0.25, 0.3) is 0 Å². The summed E-state index contributed by atoms with van der Waals surface area (Å²) < 4.78 is 2.68. The summed E-state index contributed by atoms with van der Waals surface area (Å²) in [5.41, 5.74) is 2.92. The summed E-state index contributed by atoms with van der Waals surface area (Å²) in [5.74, 6) is 1.20. The minimum atomic E-state index is 0.0357. The quantitative estimate of drug-likeness (QED) is 0.470. The molecule has 0 aromatic carbocycles. The van der Waals surface area contributed by atoms with Crippen LogP contribution in [0.5, 0.6) is 0 Å². The zero-order chi connectivity index (χ0) is 23.8. The molecule has 0 aliphatic carbocycles. The van der Waals surface area contributed by atoms with E-state index in [1.54, 1.807) is 12.4 Å². The van der Waals surface area contributed by atoms with Gasteiger partial charge in [-0.3, -0.25) is 4.98 Å². The first-order valence-corrected chi connectivity index (χ1v) is 12.6. The minimum Gasteiger partial charge on any atom is -0.366 e. The maximum Gasteiger partial charge on any atom is 0.317 e. The van der Waals surface area contributed by atoms with Gasteiger partial charge in [-0.1, -0.05) is 26.8 Å². The molecule has 1 saturated heterocycles. The number of nitrogens with one attached hydrogen (secondary N) is 2. The lowest BCUT2D eigenvalue weighted by atomic mass is 9.93. The molecule has 1 unspecified atom stereocenters. The molecule has 2 N–H and O–H groups in total. The molecule has 0 spiro atoms. The number of anilines is 1. The molecule has 33 heavy (non-hydrogen) atoms. The van der Waals surface area contributed by atoms with E-state index in [0.29, 0.717) is 12.5 Å². The molecule has 8 nitrogen and oxygen atoms in total. The number of carbonyl (C=O) groups excluding carboxylic acids is 1. The van der Waals surface area contributed by atoms with Crippen LogP contribution in [0.3, 0.4) is 0 Å². The van der Waals surface area contributed by atoms with Crippen LogP contribution in [-0.2, 0) is 6.54 Å². The van der Waals surface area contributed by atoms with Gasteiger partial charge in [0, 0.05) is 55.7 Å². The van der Waals surface area contributed by atoms with E-state index in [1.165, 1.54) is 0 Å². The van der Waals surface area contributed by atoms with Crippen molar-refractivity contribution in [2.75, 3.05) is 18.4 Å². The molecule has 0 radical (unpaired) electrons. The Morgan fingerprint density at radius 2 is 2.03 bits per heavy atom. The van der Waals surface area contributed by atoms with Crippen molar-refractivity contribution in [3.05, 3.63) is 52.5 Å². The smallest absolute Gasteiger partial charge is 0.317 e. The number of hydrogen-bond acceptors (Lipinski definition) is 5. The lowest BCUT2D eigenvalue weighted by molar-refractivity contribution is 0.177. The second kappa shape index (κ2) is 12.0. The van der Waals surface area contributed by atoms with Crippen molar-refractivity contribution in [3.8, 4) is 0 Å². The number of halogens is 1. The molecule has 1 aliphatic rings. The predicted molar refractivity (Wildman–Crippen MR) is 135 cm³/mol. The highest BCUT2D eigenvalue weighted by atomic mass is 79.9. The molecule has 1 atom stereocenters. The van der Waals surface area contributed by atoms with E-state index >= 15 is 0 Å². The Labute approximate surface area is 204 Å². The number of fused-ring (bicyclic) bond motifs is 1. The number of rotatable bonds is 6. The number of amides is 2. The van der Waals surface area contributed by atoms with Crippen LogP contribution in [0.4, 0.5) is 10.6 Å². The number of likely N-dealkylation sites (tertiary alicyclic amines) is 1. The van der Waals surface area contributed by atoms with Gasteiger partial charge < -0.3 is 15.5 Å². The average molecular weight is 516 g/mol. The number of hydrogen-bond donors (Lipinski definition) is 2. The third-order valence-electron chi connectivity index (χ3n) is 5.83. The molecule has 3 aromatic rings. The number of aromatic nitrogens is 4. The van der Waals surface area contributed by atoms with Gasteiger partial charge in [0.15, 0.2) is 5.65 Å². The van der Waals surface area contributed by atoms with Gasteiger partial charge in [-0.05, 0) is 53.7 Å². The van der Waals surface area contributed by atoms with E-state index in [1.807, 2.05) is 48.5 Å². The van der Waals surface area contributed by atoms with E-state index in [9.17, 15) is 4.79 Å². The number of pyridine rings is 1. The normalized spacial score (nSPS) is 15.0. The van der Waals surface area contributed by atoms with Crippen molar-refractivity contribution in [2.24, 2.45) is 0 Å². The number of piperidine rings is 1. The summed E-state index contributed by atoms with van der Waals surface area (Å²) in [4.78, 5) is 23.4. The molecule has 0 saturated carbocycles. The topological polar surface area (TPSA) is 87.5 Å². The highest BCUT2D eigenvalue weighted by Gasteiger charge is 2.26. The van der Waals surface area contributed by atoms with E-state index in [-0.39, 0.29) is 12.1 Å². The highest BCUT2D eigenvalue weighted by Crippen LogP contribution is 2.30. The number of carbonyl (C=O) groups is 1. The van der Waals surface area contributed by atoms with Crippen molar-refractivity contribution >= 4 is 33.4 Å². The fourth-order valence-corrected chi connectivity index (χ4v) is 4.12. The second-order valence-electron chi connectivity index (χ2n) is 8.03. The largest absolute Gasteiger partial charge is 0.366 e. The molecule has 1 fully saturated rings. The first kappa shape index (κ1) is 25.0. The Balaban J connectivity index is 0.00000149. The standard InChI is InChI=1S/C22H28BrN7O.C2H6/c1-3-15(2)27-22(31)29-9-6-17(7-10-29)19-11-20(25-13-16-5-4-8-24-12-16)30-21(28-19)18(23)14-26-30;1-2/h4-5,8,11-12,14-15,17,25H,3,6-7,9-10,13H2,1-2H3,(H,27,31);1-2H3. The molecule has 0 bridgehead atoms. The first-order valence-electron chi connectivity index (χ1n) is 11.8. The van der Waals surface area contributed by atoms with E-state index in [2.05, 4.69) is 49.6 Å². The minimum absolute atomic E-state index is 0.0357. The lowest BCUT2D eigenvalue weighted by Gasteiger charge is -2.32. The number of nitrogens with zero attached hydrogens (tertiary/aromatic N) is 5. The molecule has 9 heteroatoms. The third-order valence-corrected chi connectivity index (χ3v) is 6.39. The summed E-state index contributed by atoms with van der Waals surface area (Å²) in [5, 5.41) is 11.0. The zero-order valence-electron chi connectivity index (χ0n) is 19.9. The summed E-state index contributed by atoms with van der Waals surface area (Å²) in [6.07, 6.45) is 8.11. The van der Waals surface area contributed by atoms with Crippen LogP contribution in [0, 0.1) is 0 Å². The average Bonchev–Trinajstić information content (AvgIpc) is 3.25. The van der Waals surface area contributed by atoms with Crippen molar-refractivity contribution < 1.29 is 4.79 Å². The molecule has 178 valence electrons. The van der Waals surface area contributed by atoms with E-state index < -0.39 is 0 Å². The van der Waals surface area contributed by atoms with E-state index in [0.717, 1.165) is 59.5 Å². The summed E-state index contributed by atoms with van der Waals surface area (Å²) in [6, 6.07) is 6.29. The van der Waals surface area contributed by atoms with Crippen molar-refractivity contribution in [1.29, 1.82) is 0 Å². The SMILES string of the molecule is CC.CCC(C)NC(=O)N1CCC(c2cc(NCc3cccnc3)n3ncc(Br)c3n2)CC1. The van der Waals surface area contributed by atoms with Crippen LogP contribution in [0.2, 0.25) is 0 Å². The van der Waals surface area contributed by atoms with Crippen LogP contribution < -0.4 is 10.6 Å². The molecule has 1 aliphatic heterocycles. The molecule has 4 heterocycles. The van der Waals surface area contributed by atoms with Crippen molar-refractivity contribution in [2.45, 2.75) is 65.5 Å². The van der Waals surface area contributed by atoms with Gasteiger partial charge in [0.1, 0.15) is 5.82 Å². The van der Waals surface area contributed by atoms with Gasteiger partial charge in [0.2, 0.25) is 0 Å². The Kier molecular flexibility index (Phi) is 9.05. The maximum atomic E-state index is 12.4. The zero-order valence-corrected chi connectivity index (χ0v) is 21.5. The van der Waals surface area contributed by atoms with Crippen LogP contribution in [0.1, 0.15) is 64.1 Å². The fourth-order valence-electron chi connectivity index (χ4n) is 3.77. The predicted octanol–water partition coefficient (Wildman–Crippen LogP) is 5.21. The van der Waals surface area contributed by atoms with Crippen LogP contribution >= 0.6 is 15.9 Å². The molecular weight excluding hydrogens is 482 g/mol. The summed E-state index contributed by atoms with van der Waals surface area (Å²) in [7, 11) is 0. The molecule has 4 rings (SSSR count). The van der Waals surface area contributed by atoms with Gasteiger partial charge in [-0.2, -0.15) is 9.61 Å². The lowest BCUT2D eigenvalue weighted by Crippen LogP contribution is -2.46. The fraction of sp³-hybridized carbons (Fsp3) is 0.500. The Hall–Kier alpha value is -2.68. The van der Waals surface area contributed by atoms with Crippen molar-refractivity contribution in [1.82, 2.24) is 29.8 Å². The van der Waals surface area contributed by atoms with Crippen LogP contribution in [0.25, 0.3) is 5.65 Å². The van der Waals surface area contributed by atoms with Crippen molar-refractivity contribution in [3.63, 3.8) is 0 Å². The highest BCUT2D eigenvalue weighted by molar-refractivity contribution is 9.10. The summed E-state index contributed by atoms with van der Waals surface area (Å²) in [6.45, 7) is 10.2. The van der Waals surface area contributed by atoms with Crippen LogP contribution in [-0.4, -0.2) is 49.6 Å². The van der Waals surface area contributed by atoms with E-state index in [4.69, 9.17) is 4.98 Å². The van der Waals surface area contributed by atoms with Gasteiger partial charge in [-0.15, -0.1) is 0 Å². The molecular formula is C24H34BrN7O. The molecule has 2 amide bonds. The second-order valence-corrected chi connectivity index (χ2v) is 8.88. The van der Waals surface area contributed by atoms with Gasteiger partial charge in [-0.25, -0.2) is 9.78 Å².